The molecule has 1 saturated heterocycles. The molecule has 1 atom stereocenters. The fourth-order valence-electron chi connectivity index (χ4n) is 2.16. The summed E-state index contributed by atoms with van der Waals surface area (Å²) in [4.78, 5) is 18.0. The van der Waals surface area contributed by atoms with Gasteiger partial charge in [-0.15, -0.1) is 0 Å². The molecule has 0 saturated carbocycles. The predicted octanol–water partition coefficient (Wildman–Crippen LogP) is 0.792. The molecule has 2 rings (SSSR count). The van der Waals surface area contributed by atoms with Crippen molar-refractivity contribution in [3.8, 4) is 0 Å². The first-order valence-corrected chi connectivity index (χ1v) is 6.38. The molecule has 2 N–H and O–H groups in total. The summed E-state index contributed by atoms with van der Waals surface area (Å²) in [6, 6.07) is 3.48. The fraction of sp³-hybridized carbons (Fsp3) is 0.538. The number of nitrogens with zero attached hydrogens (tertiary/aromatic N) is 2. The van der Waals surface area contributed by atoms with Gasteiger partial charge in [-0.25, -0.2) is 4.98 Å². The van der Waals surface area contributed by atoms with E-state index in [1.807, 2.05) is 11.8 Å². The van der Waals surface area contributed by atoms with E-state index in [9.17, 15) is 9.90 Å². The van der Waals surface area contributed by atoms with Crippen molar-refractivity contribution < 1.29 is 9.90 Å². The maximum atomic E-state index is 11.7. The van der Waals surface area contributed by atoms with Crippen LogP contribution in [0.5, 0.6) is 0 Å². The number of piperidine rings is 1. The zero-order valence-corrected chi connectivity index (χ0v) is 10.6. The van der Waals surface area contributed by atoms with Crippen LogP contribution in [0.4, 0.5) is 5.82 Å². The van der Waals surface area contributed by atoms with Crippen molar-refractivity contribution in [3.63, 3.8) is 0 Å². The summed E-state index contributed by atoms with van der Waals surface area (Å²) in [6.45, 7) is 3.97. The van der Waals surface area contributed by atoms with E-state index < -0.39 is 0 Å². The Hall–Kier alpha value is -1.62. The second-order valence-corrected chi connectivity index (χ2v) is 4.50. The molecule has 18 heavy (non-hydrogen) atoms. The summed E-state index contributed by atoms with van der Waals surface area (Å²) < 4.78 is 0. The minimum atomic E-state index is -0.298. The number of pyridine rings is 1. The van der Waals surface area contributed by atoms with Gasteiger partial charge in [-0.1, -0.05) is 0 Å². The molecule has 1 aromatic rings. The first kappa shape index (κ1) is 12.8. The van der Waals surface area contributed by atoms with Crippen molar-refractivity contribution in [1.29, 1.82) is 0 Å². The third kappa shape index (κ3) is 2.98. The van der Waals surface area contributed by atoms with Crippen molar-refractivity contribution in [2.45, 2.75) is 25.9 Å². The lowest BCUT2D eigenvalue weighted by atomic mass is 10.1. The largest absolute Gasteiger partial charge is 0.391 e. The molecular weight excluding hydrogens is 230 g/mol. The average molecular weight is 249 g/mol. The molecule has 1 aromatic heterocycles. The minimum absolute atomic E-state index is 0.0845. The molecule has 0 aliphatic carbocycles. The first-order valence-electron chi connectivity index (χ1n) is 6.38. The van der Waals surface area contributed by atoms with Gasteiger partial charge in [-0.2, -0.15) is 0 Å². The van der Waals surface area contributed by atoms with Crippen LogP contribution in [0, 0.1) is 0 Å². The molecule has 5 heteroatoms. The van der Waals surface area contributed by atoms with Gasteiger partial charge < -0.3 is 15.3 Å². The summed E-state index contributed by atoms with van der Waals surface area (Å²) in [5.41, 5.74) is 0.613. The Balaban J connectivity index is 2.13. The summed E-state index contributed by atoms with van der Waals surface area (Å²) >= 11 is 0. The molecule has 1 aliphatic rings. The Kier molecular flexibility index (Phi) is 4.15. The molecule has 1 aliphatic heterocycles. The van der Waals surface area contributed by atoms with Crippen molar-refractivity contribution in [2.75, 3.05) is 24.5 Å². The van der Waals surface area contributed by atoms with Gasteiger partial charge >= 0.3 is 0 Å². The molecule has 0 bridgehead atoms. The van der Waals surface area contributed by atoms with Gasteiger partial charge in [0.2, 0.25) is 0 Å². The van der Waals surface area contributed by atoms with E-state index in [0.717, 1.165) is 25.2 Å². The lowest BCUT2D eigenvalue weighted by Gasteiger charge is -2.31. The Morgan fingerprint density at radius 2 is 2.50 bits per heavy atom. The number of hydrogen-bond acceptors (Lipinski definition) is 4. The number of aromatic nitrogens is 1. The van der Waals surface area contributed by atoms with E-state index in [4.69, 9.17) is 0 Å². The zero-order chi connectivity index (χ0) is 13.0. The monoisotopic (exact) mass is 249 g/mol. The molecule has 5 nitrogen and oxygen atoms in total. The lowest BCUT2D eigenvalue weighted by molar-refractivity contribution is 0.0955. The van der Waals surface area contributed by atoms with Crippen LogP contribution < -0.4 is 10.2 Å². The Morgan fingerprint density at radius 1 is 1.67 bits per heavy atom. The number of β-amino-alcohol motifs (C(OH)–C–C–N with tert-alkyl or cyclic N) is 1. The highest BCUT2D eigenvalue weighted by Gasteiger charge is 2.19. The second-order valence-electron chi connectivity index (χ2n) is 4.50. The molecule has 2 heterocycles. The van der Waals surface area contributed by atoms with Crippen LogP contribution in [0.25, 0.3) is 0 Å². The highest BCUT2D eigenvalue weighted by Crippen LogP contribution is 2.18. The van der Waals surface area contributed by atoms with Crippen LogP contribution in [-0.4, -0.2) is 41.7 Å². The van der Waals surface area contributed by atoms with Gasteiger partial charge in [0.05, 0.1) is 6.10 Å². The quantitative estimate of drug-likeness (QED) is 0.831. The third-order valence-corrected chi connectivity index (χ3v) is 3.07. The smallest absolute Gasteiger partial charge is 0.251 e. The predicted molar refractivity (Wildman–Crippen MR) is 69.7 cm³/mol. The third-order valence-electron chi connectivity index (χ3n) is 3.07. The molecule has 1 amide bonds. The topological polar surface area (TPSA) is 65.5 Å². The molecule has 0 aromatic carbocycles. The normalized spacial score (nSPS) is 19.7. The van der Waals surface area contributed by atoms with Crippen LogP contribution in [0.1, 0.15) is 30.1 Å². The minimum Gasteiger partial charge on any atom is -0.391 e. The van der Waals surface area contributed by atoms with E-state index in [-0.39, 0.29) is 12.0 Å². The van der Waals surface area contributed by atoms with Crippen molar-refractivity contribution >= 4 is 11.7 Å². The number of nitrogens with one attached hydrogen (secondary N) is 1. The second kappa shape index (κ2) is 5.82. The zero-order valence-electron chi connectivity index (χ0n) is 10.6. The van der Waals surface area contributed by atoms with Crippen molar-refractivity contribution in [1.82, 2.24) is 10.3 Å². The van der Waals surface area contributed by atoms with E-state index in [0.29, 0.717) is 18.7 Å². The maximum Gasteiger partial charge on any atom is 0.251 e. The number of carbonyl (C=O) groups excluding carboxylic acids is 1. The summed E-state index contributed by atoms with van der Waals surface area (Å²) in [5.74, 6) is 0.677. The SMILES string of the molecule is CCNC(=O)c1ccnc(N2CCCC(O)C2)c1. The number of amides is 1. The van der Waals surface area contributed by atoms with Gasteiger partial charge in [0.15, 0.2) is 0 Å². The Bertz CT molecular complexity index is 422. The maximum absolute atomic E-state index is 11.7. The van der Waals surface area contributed by atoms with Gasteiger partial charge in [0, 0.05) is 31.4 Å². The van der Waals surface area contributed by atoms with Crippen LogP contribution in [-0.2, 0) is 0 Å². The molecule has 0 radical (unpaired) electrons. The van der Waals surface area contributed by atoms with Crippen molar-refractivity contribution in [2.24, 2.45) is 0 Å². The number of aliphatic hydroxyl groups excluding tert-OH is 1. The van der Waals surface area contributed by atoms with Gasteiger partial charge in [-0.05, 0) is 31.9 Å². The molecule has 0 spiro atoms. The van der Waals surface area contributed by atoms with Gasteiger partial charge in [-0.3, -0.25) is 4.79 Å². The summed E-state index contributed by atoms with van der Waals surface area (Å²) in [7, 11) is 0. The average Bonchev–Trinajstić information content (AvgIpc) is 2.39. The molecular formula is C13H19N3O2. The van der Waals surface area contributed by atoms with E-state index >= 15 is 0 Å². The lowest BCUT2D eigenvalue weighted by Crippen LogP contribution is -2.38. The summed E-state index contributed by atoms with van der Waals surface area (Å²) in [6.07, 6.45) is 3.13. The number of rotatable bonds is 3. The van der Waals surface area contributed by atoms with Gasteiger partial charge in [0.25, 0.3) is 5.91 Å². The standard InChI is InChI=1S/C13H19N3O2/c1-2-14-13(18)10-5-6-15-12(8-10)16-7-3-4-11(17)9-16/h5-6,8,11,17H,2-4,7,9H2,1H3,(H,14,18). The van der Waals surface area contributed by atoms with Crippen LogP contribution in [0.3, 0.4) is 0 Å². The van der Waals surface area contributed by atoms with Crippen LogP contribution in [0.15, 0.2) is 18.3 Å². The van der Waals surface area contributed by atoms with Crippen molar-refractivity contribution in [3.05, 3.63) is 23.9 Å². The van der Waals surface area contributed by atoms with Crippen LogP contribution >= 0.6 is 0 Å². The highest BCUT2D eigenvalue weighted by atomic mass is 16.3. The first-order chi connectivity index (χ1) is 8.70. The van der Waals surface area contributed by atoms with Crippen LogP contribution in [0.2, 0.25) is 0 Å². The van der Waals surface area contributed by atoms with E-state index in [1.165, 1.54) is 0 Å². The number of hydrogen-bond donors (Lipinski definition) is 2. The Morgan fingerprint density at radius 3 is 3.22 bits per heavy atom. The highest BCUT2D eigenvalue weighted by molar-refractivity contribution is 5.94. The van der Waals surface area contributed by atoms with E-state index in [2.05, 4.69) is 10.3 Å². The summed E-state index contributed by atoms with van der Waals surface area (Å²) in [5, 5.41) is 12.4. The number of carbonyl (C=O) groups is 1. The molecule has 1 unspecified atom stereocenters. The molecule has 1 fully saturated rings. The van der Waals surface area contributed by atoms with E-state index in [1.54, 1.807) is 18.3 Å². The Labute approximate surface area is 107 Å². The fourth-order valence-corrected chi connectivity index (χ4v) is 2.16. The number of anilines is 1. The van der Waals surface area contributed by atoms with Gasteiger partial charge in [0.1, 0.15) is 5.82 Å². The number of aliphatic hydroxyl groups is 1. The molecule has 98 valence electrons.